The van der Waals surface area contributed by atoms with Crippen molar-refractivity contribution in [1.82, 2.24) is 5.32 Å². The van der Waals surface area contributed by atoms with Crippen LogP contribution >= 0.6 is 11.6 Å². The lowest BCUT2D eigenvalue weighted by Gasteiger charge is -2.26. The second kappa shape index (κ2) is 8.95. The summed E-state index contributed by atoms with van der Waals surface area (Å²) in [5, 5.41) is 12.7. The number of aromatic hydroxyl groups is 1. The number of hydrogen-bond donors (Lipinski definition) is 2. The minimum absolute atomic E-state index is 0.0914. The van der Waals surface area contributed by atoms with Crippen molar-refractivity contribution in [1.29, 1.82) is 0 Å². The van der Waals surface area contributed by atoms with Crippen LogP contribution in [0.5, 0.6) is 11.5 Å². The van der Waals surface area contributed by atoms with E-state index < -0.39 is 17.8 Å². The first-order chi connectivity index (χ1) is 15.4. The molecule has 3 aromatic rings. The molecule has 7 nitrogen and oxygen atoms in total. The van der Waals surface area contributed by atoms with E-state index in [-0.39, 0.29) is 22.6 Å². The first-order valence-electron chi connectivity index (χ1n) is 9.59. The molecule has 0 atom stereocenters. The maximum absolute atomic E-state index is 12.9. The third kappa shape index (κ3) is 4.48. The van der Waals surface area contributed by atoms with Crippen LogP contribution in [0.4, 0.5) is 10.5 Å². The minimum atomic E-state index is -0.857. The summed E-state index contributed by atoms with van der Waals surface area (Å²) in [6, 6.07) is 19.0. The molecule has 2 N–H and O–H groups in total. The Morgan fingerprint density at radius 1 is 0.938 bits per heavy atom. The number of para-hydroxylation sites is 1. The fraction of sp³-hybridized carbons (Fsp3) is 0.0417. The van der Waals surface area contributed by atoms with Crippen LogP contribution in [-0.2, 0) is 16.2 Å². The van der Waals surface area contributed by atoms with Gasteiger partial charge in [0.2, 0.25) is 0 Å². The summed E-state index contributed by atoms with van der Waals surface area (Å²) < 4.78 is 5.72. The molecule has 1 aliphatic rings. The van der Waals surface area contributed by atoms with Gasteiger partial charge in [0.15, 0.2) is 0 Å². The lowest BCUT2D eigenvalue weighted by atomic mass is 10.1. The molecule has 0 radical (unpaired) electrons. The van der Waals surface area contributed by atoms with Crippen LogP contribution in [0.1, 0.15) is 11.1 Å². The summed E-state index contributed by atoms with van der Waals surface area (Å²) in [6.45, 7) is 0.321. The van der Waals surface area contributed by atoms with E-state index in [0.717, 1.165) is 10.5 Å². The van der Waals surface area contributed by atoms with E-state index >= 15 is 0 Å². The van der Waals surface area contributed by atoms with Gasteiger partial charge in [-0.15, -0.1) is 0 Å². The monoisotopic (exact) mass is 448 g/mol. The number of imide groups is 2. The Hall–Kier alpha value is -4.10. The van der Waals surface area contributed by atoms with Gasteiger partial charge in [-0.1, -0.05) is 41.9 Å². The topological polar surface area (TPSA) is 95.9 Å². The molecule has 0 aliphatic carbocycles. The SMILES string of the molecule is O=C1NC(=O)N(c2ccc(OCc3ccc(Cl)cc3)cc2)C(=O)/C1=C/c1ccccc1O. The summed E-state index contributed by atoms with van der Waals surface area (Å²) in [6.07, 6.45) is 1.25. The molecule has 0 spiro atoms. The summed E-state index contributed by atoms with van der Waals surface area (Å²) >= 11 is 5.87. The van der Waals surface area contributed by atoms with E-state index in [1.165, 1.54) is 12.1 Å². The molecule has 1 aliphatic heterocycles. The number of hydrogen-bond acceptors (Lipinski definition) is 5. The summed E-state index contributed by atoms with van der Waals surface area (Å²) in [5.74, 6) is -1.18. The van der Waals surface area contributed by atoms with Gasteiger partial charge in [-0.05, 0) is 54.1 Å². The molecule has 1 fully saturated rings. The summed E-state index contributed by atoms with van der Waals surface area (Å²) in [4.78, 5) is 38.4. The first kappa shape index (κ1) is 21.1. The number of barbiturate groups is 1. The zero-order chi connectivity index (χ0) is 22.7. The number of benzene rings is 3. The fourth-order valence-electron chi connectivity index (χ4n) is 3.10. The maximum Gasteiger partial charge on any atom is 0.335 e. The van der Waals surface area contributed by atoms with E-state index in [9.17, 15) is 19.5 Å². The molecule has 0 bridgehead atoms. The van der Waals surface area contributed by atoms with Crippen LogP contribution in [0.25, 0.3) is 6.08 Å². The predicted octanol–water partition coefficient (Wildman–Crippen LogP) is 4.29. The molecular formula is C24H17ClN2O5. The van der Waals surface area contributed by atoms with E-state index in [0.29, 0.717) is 17.4 Å². The zero-order valence-corrected chi connectivity index (χ0v) is 17.4. The molecule has 0 aromatic heterocycles. The minimum Gasteiger partial charge on any atom is -0.507 e. The first-order valence-corrected chi connectivity index (χ1v) is 9.97. The van der Waals surface area contributed by atoms with E-state index in [2.05, 4.69) is 5.32 Å². The van der Waals surface area contributed by atoms with Crippen molar-refractivity contribution < 1.29 is 24.2 Å². The Balaban J connectivity index is 1.53. The van der Waals surface area contributed by atoms with Crippen LogP contribution < -0.4 is 15.0 Å². The molecule has 0 unspecified atom stereocenters. The average molecular weight is 449 g/mol. The molecule has 160 valence electrons. The molecule has 3 aromatic carbocycles. The van der Waals surface area contributed by atoms with Crippen molar-refractivity contribution in [2.75, 3.05) is 4.90 Å². The smallest absolute Gasteiger partial charge is 0.335 e. The highest BCUT2D eigenvalue weighted by Gasteiger charge is 2.36. The third-order valence-corrected chi connectivity index (χ3v) is 5.00. The molecule has 32 heavy (non-hydrogen) atoms. The highest BCUT2D eigenvalue weighted by Crippen LogP contribution is 2.26. The summed E-state index contributed by atoms with van der Waals surface area (Å²) in [7, 11) is 0. The molecule has 1 saturated heterocycles. The summed E-state index contributed by atoms with van der Waals surface area (Å²) in [5.41, 5.74) is 1.21. The standard InChI is InChI=1S/C24H17ClN2O5/c25-17-7-5-15(6-8-17)14-32-19-11-9-18(10-12-19)27-23(30)20(22(29)26-24(27)31)13-16-3-1-2-4-21(16)28/h1-13,28H,14H2,(H,26,29,31)/b20-13+. The predicted molar refractivity (Wildman–Crippen MR) is 119 cm³/mol. The second-order valence-corrected chi connectivity index (χ2v) is 7.36. The Morgan fingerprint density at radius 3 is 2.31 bits per heavy atom. The number of carbonyl (C=O) groups is 3. The van der Waals surface area contributed by atoms with Gasteiger partial charge in [0, 0.05) is 10.6 Å². The lowest BCUT2D eigenvalue weighted by molar-refractivity contribution is -0.122. The van der Waals surface area contributed by atoms with Gasteiger partial charge in [-0.2, -0.15) is 0 Å². The number of halogens is 1. The van der Waals surface area contributed by atoms with Crippen molar-refractivity contribution in [2.24, 2.45) is 0 Å². The normalized spacial score (nSPS) is 15.1. The number of ether oxygens (including phenoxy) is 1. The fourth-order valence-corrected chi connectivity index (χ4v) is 3.22. The van der Waals surface area contributed by atoms with Gasteiger partial charge < -0.3 is 9.84 Å². The van der Waals surface area contributed by atoms with Gasteiger partial charge in [-0.25, -0.2) is 9.69 Å². The van der Waals surface area contributed by atoms with Crippen molar-refractivity contribution in [3.05, 3.63) is 94.5 Å². The van der Waals surface area contributed by atoms with E-state index in [4.69, 9.17) is 16.3 Å². The number of phenols is 1. The van der Waals surface area contributed by atoms with Crippen LogP contribution in [0.15, 0.2) is 78.4 Å². The van der Waals surface area contributed by atoms with Crippen LogP contribution in [0.3, 0.4) is 0 Å². The number of phenolic OH excluding ortho intramolecular Hbond substituents is 1. The van der Waals surface area contributed by atoms with Gasteiger partial charge >= 0.3 is 6.03 Å². The number of carbonyl (C=O) groups excluding carboxylic acids is 3. The van der Waals surface area contributed by atoms with Crippen LogP contribution in [0.2, 0.25) is 5.02 Å². The van der Waals surface area contributed by atoms with Crippen LogP contribution in [-0.4, -0.2) is 23.0 Å². The molecule has 0 saturated carbocycles. The van der Waals surface area contributed by atoms with E-state index in [1.807, 2.05) is 12.1 Å². The second-order valence-electron chi connectivity index (χ2n) is 6.93. The van der Waals surface area contributed by atoms with Crippen LogP contribution in [0, 0.1) is 0 Å². The average Bonchev–Trinajstić information content (AvgIpc) is 2.78. The Morgan fingerprint density at radius 2 is 1.62 bits per heavy atom. The Labute approximate surface area is 188 Å². The largest absolute Gasteiger partial charge is 0.507 e. The Kier molecular flexibility index (Phi) is 5.91. The van der Waals surface area contributed by atoms with Crippen molar-refractivity contribution in [2.45, 2.75) is 6.61 Å². The van der Waals surface area contributed by atoms with Crippen molar-refractivity contribution >= 4 is 41.2 Å². The number of nitrogens with zero attached hydrogens (tertiary/aromatic N) is 1. The molecular weight excluding hydrogens is 432 g/mol. The number of urea groups is 1. The van der Waals surface area contributed by atoms with Crippen molar-refractivity contribution in [3.63, 3.8) is 0 Å². The van der Waals surface area contributed by atoms with Gasteiger partial charge in [0.1, 0.15) is 23.7 Å². The highest BCUT2D eigenvalue weighted by molar-refractivity contribution is 6.39. The number of rotatable bonds is 5. The van der Waals surface area contributed by atoms with Gasteiger partial charge in [-0.3, -0.25) is 14.9 Å². The quantitative estimate of drug-likeness (QED) is 0.448. The maximum atomic E-state index is 12.9. The van der Waals surface area contributed by atoms with Gasteiger partial charge in [0.25, 0.3) is 11.8 Å². The molecule has 4 rings (SSSR count). The number of anilines is 1. The molecule has 1 heterocycles. The zero-order valence-electron chi connectivity index (χ0n) is 16.6. The molecule has 4 amide bonds. The number of amides is 4. The Bertz CT molecular complexity index is 1220. The third-order valence-electron chi connectivity index (χ3n) is 4.75. The van der Waals surface area contributed by atoms with Crippen molar-refractivity contribution in [3.8, 4) is 11.5 Å². The lowest BCUT2D eigenvalue weighted by Crippen LogP contribution is -2.54. The van der Waals surface area contributed by atoms with Gasteiger partial charge in [0.05, 0.1) is 5.69 Å². The number of nitrogens with one attached hydrogen (secondary N) is 1. The highest BCUT2D eigenvalue weighted by atomic mass is 35.5. The van der Waals surface area contributed by atoms with E-state index in [1.54, 1.807) is 54.6 Å². The molecule has 8 heteroatoms.